The fraction of sp³-hybridized carbons (Fsp3) is 0.528. The topological polar surface area (TPSA) is 69.7 Å². The number of amides is 4. The normalized spacial score (nSPS) is 32.4. The van der Waals surface area contributed by atoms with E-state index in [9.17, 15) is 14.4 Å². The number of aryl methyl sites for hydroxylation is 1. The number of anilines is 2. The monoisotopic (exact) mass is 565 g/mol. The summed E-state index contributed by atoms with van der Waals surface area (Å²) in [5.74, 6) is 1.65. The molecule has 1 atom stereocenters. The highest BCUT2D eigenvalue weighted by Gasteiger charge is 2.51. The predicted octanol–water partition coefficient (Wildman–Crippen LogP) is 7.24. The summed E-state index contributed by atoms with van der Waals surface area (Å²) in [6, 6.07) is 11.7. The maximum atomic E-state index is 13.8. The van der Waals surface area contributed by atoms with Crippen molar-refractivity contribution in [2.24, 2.45) is 17.8 Å². The number of imide groups is 2. The second kappa shape index (κ2) is 9.55. The average molecular weight is 566 g/mol. The molecule has 2 aliphatic heterocycles. The average Bonchev–Trinajstić information content (AvgIpc) is 2.91. The molecule has 1 N–H and O–H groups in total. The van der Waals surface area contributed by atoms with Crippen LogP contribution in [0.3, 0.4) is 0 Å². The first kappa shape index (κ1) is 27.4. The van der Waals surface area contributed by atoms with E-state index in [-0.39, 0.29) is 16.5 Å². The Labute approximate surface area is 249 Å². The van der Waals surface area contributed by atoms with Gasteiger partial charge in [0.2, 0.25) is 0 Å². The van der Waals surface area contributed by atoms with Crippen molar-refractivity contribution in [1.29, 1.82) is 0 Å². The highest BCUT2D eigenvalue weighted by atomic mass is 16.2. The van der Waals surface area contributed by atoms with Crippen molar-refractivity contribution < 1.29 is 14.4 Å². The van der Waals surface area contributed by atoms with Crippen LogP contribution in [0.25, 0.3) is 6.08 Å². The molecule has 2 heterocycles. The van der Waals surface area contributed by atoms with Crippen LogP contribution in [0.2, 0.25) is 0 Å². The summed E-state index contributed by atoms with van der Waals surface area (Å²) < 4.78 is 0. The molecule has 6 nitrogen and oxygen atoms in total. The van der Waals surface area contributed by atoms with E-state index < -0.39 is 17.8 Å². The Kier molecular flexibility index (Phi) is 6.24. The molecular formula is C36H43N3O3. The van der Waals surface area contributed by atoms with Gasteiger partial charge in [-0.1, -0.05) is 19.1 Å². The molecule has 42 heavy (non-hydrogen) atoms. The zero-order chi connectivity index (χ0) is 29.6. The van der Waals surface area contributed by atoms with Crippen molar-refractivity contribution in [2.45, 2.75) is 96.4 Å². The lowest BCUT2D eigenvalue weighted by molar-refractivity contribution is -0.122. The van der Waals surface area contributed by atoms with E-state index in [1.54, 1.807) is 6.08 Å². The standard InChI is InChI=1S/C36H43N3O3/c1-6-38-31-11-21(2)26(15-29(31)22(3)17-35(38,4)5)16-30-32(40)37-34(42)39(33(30)41)28-9-7-27(8-10-28)36-18-23-12-24(19-36)14-25(13-23)20-36/h7-11,15-16,22-25H,6,12-14,17-20H2,1-5H3,(H,37,40,42)/b30-16-. The zero-order valence-electron chi connectivity index (χ0n) is 25.6. The molecule has 4 amide bonds. The third-order valence-corrected chi connectivity index (χ3v) is 11.3. The molecule has 0 aromatic heterocycles. The number of carbonyl (C=O) groups is 3. The third kappa shape index (κ3) is 4.24. The number of nitrogens with one attached hydrogen (secondary N) is 1. The quantitative estimate of drug-likeness (QED) is 0.313. The van der Waals surface area contributed by atoms with Crippen LogP contribution in [0.4, 0.5) is 16.2 Å². The zero-order valence-corrected chi connectivity index (χ0v) is 25.6. The van der Waals surface area contributed by atoms with Gasteiger partial charge in [0.15, 0.2) is 0 Å². The number of rotatable bonds is 4. The van der Waals surface area contributed by atoms with E-state index in [4.69, 9.17) is 0 Å². The Morgan fingerprint density at radius 2 is 1.55 bits per heavy atom. The van der Waals surface area contributed by atoms with Gasteiger partial charge in [-0.25, -0.2) is 9.69 Å². The van der Waals surface area contributed by atoms with Gasteiger partial charge in [-0.2, -0.15) is 0 Å². The molecular weight excluding hydrogens is 522 g/mol. The number of nitrogens with zero attached hydrogens (tertiary/aromatic N) is 2. The predicted molar refractivity (Wildman–Crippen MR) is 167 cm³/mol. The number of barbiturate groups is 1. The van der Waals surface area contributed by atoms with E-state index in [0.717, 1.165) is 46.7 Å². The van der Waals surface area contributed by atoms with Crippen LogP contribution in [-0.2, 0) is 15.0 Å². The first-order valence-electron chi connectivity index (χ1n) is 15.9. The molecule has 4 aliphatic carbocycles. The number of urea groups is 1. The summed E-state index contributed by atoms with van der Waals surface area (Å²) in [7, 11) is 0. The molecule has 1 unspecified atom stereocenters. The fourth-order valence-electron chi connectivity index (χ4n) is 9.88. The van der Waals surface area contributed by atoms with Crippen molar-refractivity contribution in [3.05, 3.63) is 64.2 Å². The molecule has 6 heteroatoms. The van der Waals surface area contributed by atoms with Crippen molar-refractivity contribution in [3.63, 3.8) is 0 Å². The van der Waals surface area contributed by atoms with Crippen LogP contribution in [0.15, 0.2) is 42.0 Å². The summed E-state index contributed by atoms with van der Waals surface area (Å²) in [4.78, 5) is 43.3. The Balaban J connectivity index is 1.19. The van der Waals surface area contributed by atoms with Crippen LogP contribution in [0, 0.1) is 24.7 Å². The Morgan fingerprint density at radius 1 is 0.929 bits per heavy atom. The van der Waals surface area contributed by atoms with Gasteiger partial charge in [0, 0.05) is 17.8 Å². The second-order valence-corrected chi connectivity index (χ2v) is 14.6. The third-order valence-electron chi connectivity index (χ3n) is 11.3. The molecule has 1 saturated heterocycles. The minimum absolute atomic E-state index is 0.0149. The molecule has 5 fully saturated rings. The SMILES string of the molecule is CCN1c2cc(C)c(/C=C3/C(=O)NC(=O)N(c4ccc(C56CC7CC(CC(C7)C5)C6)cc4)C3=O)cc2C(C)CC1(C)C. The van der Waals surface area contributed by atoms with Gasteiger partial charge >= 0.3 is 6.03 Å². The smallest absolute Gasteiger partial charge is 0.335 e. The maximum absolute atomic E-state index is 13.8. The Hall–Kier alpha value is -3.41. The van der Waals surface area contributed by atoms with Gasteiger partial charge in [-0.15, -0.1) is 0 Å². The van der Waals surface area contributed by atoms with Crippen molar-refractivity contribution in [1.82, 2.24) is 5.32 Å². The van der Waals surface area contributed by atoms with Crippen LogP contribution in [-0.4, -0.2) is 29.9 Å². The van der Waals surface area contributed by atoms with E-state index >= 15 is 0 Å². The molecule has 220 valence electrons. The van der Waals surface area contributed by atoms with Crippen molar-refractivity contribution >= 4 is 35.3 Å². The Bertz CT molecular complexity index is 1480. The number of hydrogen-bond donors (Lipinski definition) is 1. The van der Waals surface area contributed by atoms with E-state index in [0.29, 0.717) is 11.6 Å². The van der Waals surface area contributed by atoms with Crippen molar-refractivity contribution in [2.75, 3.05) is 16.3 Å². The Morgan fingerprint density at radius 3 is 2.14 bits per heavy atom. The van der Waals surface area contributed by atoms with E-state index in [1.165, 1.54) is 55.3 Å². The van der Waals surface area contributed by atoms with Gasteiger partial charge in [0.1, 0.15) is 5.57 Å². The van der Waals surface area contributed by atoms with Gasteiger partial charge in [0.25, 0.3) is 11.8 Å². The molecule has 6 aliphatic rings. The fourth-order valence-corrected chi connectivity index (χ4v) is 9.88. The van der Waals surface area contributed by atoms with Gasteiger partial charge in [-0.3, -0.25) is 14.9 Å². The van der Waals surface area contributed by atoms with E-state index in [2.05, 4.69) is 62.2 Å². The van der Waals surface area contributed by atoms with Crippen LogP contribution >= 0.6 is 0 Å². The van der Waals surface area contributed by atoms with Crippen LogP contribution in [0.5, 0.6) is 0 Å². The first-order valence-corrected chi connectivity index (χ1v) is 15.9. The highest BCUT2D eigenvalue weighted by molar-refractivity contribution is 6.39. The van der Waals surface area contributed by atoms with Crippen LogP contribution < -0.4 is 15.1 Å². The highest BCUT2D eigenvalue weighted by Crippen LogP contribution is 2.60. The lowest BCUT2D eigenvalue weighted by Gasteiger charge is -2.57. The van der Waals surface area contributed by atoms with E-state index in [1.807, 2.05) is 19.1 Å². The summed E-state index contributed by atoms with van der Waals surface area (Å²) in [5.41, 5.74) is 6.40. The number of fused-ring (bicyclic) bond motifs is 1. The molecule has 4 saturated carbocycles. The number of benzene rings is 2. The minimum Gasteiger partial charge on any atom is -0.366 e. The summed E-state index contributed by atoms with van der Waals surface area (Å²) >= 11 is 0. The van der Waals surface area contributed by atoms with Gasteiger partial charge in [0.05, 0.1) is 5.69 Å². The van der Waals surface area contributed by atoms with Crippen LogP contribution in [0.1, 0.15) is 101 Å². The number of hydrogen-bond acceptors (Lipinski definition) is 4. The lowest BCUT2D eigenvalue weighted by atomic mass is 9.48. The summed E-state index contributed by atoms with van der Waals surface area (Å²) in [6.07, 6.45) is 10.6. The number of carbonyl (C=O) groups excluding carboxylic acids is 3. The minimum atomic E-state index is -0.693. The first-order chi connectivity index (χ1) is 20.0. The molecule has 2 aromatic carbocycles. The molecule has 8 rings (SSSR count). The molecule has 2 aromatic rings. The second-order valence-electron chi connectivity index (χ2n) is 14.6. The molecule has 0 spiro atoms. The summed E-state index contributed by atoms with van der Waals surface area (Å²) in [6.45, 7) is 11.9. The van der Waals surface area contributed by atoms with Crippen molar-refractivity contribution in [3.8, 4) is 0 Å². The van der Waals surface area contributed by atoms with Gasteiger partial charge < -0.3 is 4.90 Å². The summed E-state index contributed by atoms with van der Waals surface area (Å²) in [5, 5.41) is 2.42. The maximum Gasteiger partial charge on any atom is 0.335 e. The largest absolute Gasteiger partial charge is 0.366 e. The van der Waals surface area contributed by atoms with Gasteiger partial charge in [-0.05, 0) is 154 Å². The molecule has 4 bridgehead atoms. The lowest BCUT2D eigenvalue weighted by Crippen LogP contribution is -2.54. The molecule has 0 radical (unpaired) electrons.